The molecule has 1 heterocycles. The number of nitrogens with one attached hydrogen (secondary N) is 1. The van der Waals surface area contributed by atoms with Crippen molar-refractivity contribution in [2.75, 3.05) is 12.3 Å². The number of carbonyl (C=O) groups is 1. The topological polar surface area (TPSA) is 111 Å². The zero-order chi connectivity index (χ0) is 20.7. The zero-order valence-electron chi connectivity index (χ0n) is 15.8. The predicted molar refractivity (Wildman–Crippen MR) is 110 cm³/mol. The summed E-state index contributed by atoms with van der Waals surface area (Å²) in [6, 6.07) is 15.9. The molecule has 0 aliphatic carbocycles. The molecule has 1 N–H and O–H groups in total. The van der Waals surface area contributed by atoms with Gasteiger partial charge in [0.15, 0.2) is 9.84 Å². The molecule has 0 spiro atoms. The lowest BCUT2D eigenvalue weighted by Crippen LogP contribution is -2.30. The molecule has 9 heteroatoms. The minimum absolute atomic E-state index is 0.00220. The highest BCUT2D eigenvalue weighted by Crippen LogP contribution is 2.07. The first-order chi connectivity index (χ1) is 13.9. The number of aromatic nitrogens is 3. The molecule has 1 aromatic heterocycles. The highest BCUT2D eigenvalue weighted by Gasteiger charge is 2.12. The van der Waals surface area contributed by atoms with E-state index in [9.17, 15) is 18.0 Å². The van der Waals surface area contributed by atoms with Gasteiger partial charge in [-0.05, 0) is 24.1 Å². The Balaban J connectivity index is 1.42. The summed E-state index contributed by atoms with van der Waals surface area (Å²) in [6.45, 7) is 0.361. The maximum absolute atomic E-state index is 12.3. The van der Waals surface area contributed by atoms with Gasteiger partial charge in [-0.15, -0.1) is 5.10 Å². The Morgan fingerprint density at radius 1 is 1.03 bits per heavy atom. The molecule has 3 rings (SSSR count). The third-order valence-corrected chi connectivity index (χ3v) is 6.05. The van der Waals surface area contributed by atoms with Crippen LogP contribution >= 0.6 is 0 Å². The van der Waals surface area contributed by atoms with E-state index < -0.39 is 9.84 Å². The molecule has 0 bridgehead atoms. The lowest BCUT2D eigenvalue weighted by atomic mass is 10.2. The van der Waals surface area contributed by atoms with Crippen LogP contribution in [0.4, 0.5) is 0 Å². The molecule has 3 aromatic rings. The number of hydrogen-bond acceptors (Lipinski definition) is 6. The summed E-state index contributed by atoms with van der Waals surface area (Å²) in [7, 11) is -3.23. The van der Waals surface area contributed by atoms with Gasteiger partial charge < -0.3 is 5.32 Å². The van der Waals surface area contributed by atoms with Gasteiger partial charge in [0.1, 0.15) is 5.52 Å². The summed E-state index contributed by atoms with van der Waals surface area (Å²) in [5, 5.41) is 10.9. The van der Waals surface area contributed by atoms with E-state index in [4.69, 9.17) is 0 Å². The first-order valence-corrected chi connectivity index (χ1v) is 11.1. The number of hydrogen-bond donors (Lipinski definition) is 1. The third kappa shape index (κ3) is 5.95. The second-order valence-corrected chi connectivity index (χ2v) is 8.85. The maximum atomic E-state index is 12.3. The van der Waals surface area contributed by atoms with Crippen LogP contribution in [0.1, 0.15) is 18.4 Å². The van der Waals surface area contributed by atoms with Crippen molar-refractivity contribution in [2.24, 2.45) is 0 Å². The van der Waals surface area contributed by atoms with Crippen LogP contribution in [0.5, 0.6) is 0 Å². The minimum atomic E-state index is -3.23. The van der Waals surface area contributed by atoms with Crippen molar-refractivity contribution in [3.8, 4) is 0 Å². The summed E-state index contributed by atoms with van der Waals surface area (Å²) >= 11 is 0. The number of rotatable bonds is 9. The Kier molecular flexibility index (Phi) is 6.71. The smallest absolute Gasteiger partial charge is 0.277 e. The molecule has 0 radical (unpaired) electrons. The normalized spacial score (nSPS) is 11.4. The van der Waals surface area contributed by atoms with E-state index in [0.29, 0.717) is 17.3 Å². The Morgan fingerprint density at radius 2 is 1.76 bits per heavy atom. The molecule has 0 unspecified atom stereocenters. The predicted octanol–water partition coefficient (Wildman–Crippen LogP) is 1.30. The summed E-state index contributed by atoms with van der Waals surface area (Å²) in [6.07, 6.45) is 0.389. The van der Waals surface area contributed by atoms with Crippen molar-refractivity contribution in [1.29, 1.82) is 0 Å². The van der Waals surface area contributed by atoms with Gasteiger partial charge in [0, 0.05) is 13.0 Å². The zero-order valence-corrected chi connectivity index (χ0v) is 16.6. The van der Waals surface area contributed by atoms with Crippen LogP contribution in [-0.2, 0) is 26.9 Å². The average molecular weight is 414 g/mol. The van der Waals surface area contributed by atoms with Crippen LogP contribution in [0, 0.1) is 0 Å². The molecule has 152 valence electrons. The summed E-state index contributed by atoms with van der Waals surface area (Å²) < 4.78 is 25.4. The van der Waals surface area contributed by atoms with Crippen LogP contribution < -0.4 is 10.9 Å². The van der Waals surface area contributed by atoms with Gasteiger partial charge in [0.25, 0.3) is 5.56 Å². The number of amides is 1. The number of fused-ring (bicyclic) bond motifs is 1. The van der Waals surface area contributed by atoms with Crippen LogP contribution in [-0.4, -0.2) is 41.6 Å². The third-order valence-electron chi connectivity index (χ3n) is 4.36. The fraction of sp³-hybridized carbons (Fsp3) is 0.300. The number of benzene rings is 2. The molecule has 0 atom stereocenters. The van der Waals surface area contributed by atoms with Gasteiger partial charge in [-0.3, -0.25) is 9.59 Å². The first-order valence-electron chi connectivity index (χ1n) is 9.28. The molecular weight excluding hydrogens is 392 g/mol. The molecule has 0 fully saturated rings. The van der Waals surface area contributed by atoms with Crippen molar-refractivity contribution in [1.82, 2.24) is 20.3 Å². The Bertz CT molecular complexity index is 1140. The van der Waals surface area contributed by atoms with E-state index in [1.54, 1.807) is 48.5 Å². The van der Waals surface area contributed by atoms with Crippen LogP contribution in [0.2, 0.25) is 0 Å². The lowest BCUT2D eigenvalue weighted by Gasteiger charge is -2.07. The monoisotopic (exact) mass is 414 g/mol. The molecule has 0 aliphatic heterocycles. The summed E-state index contributed by atoms with van der Waals surface area (Å²) in [4.78, 5) is 24.3. The summed E-state index contributed by atoms with van der Waals surface area (Å²) in [5.41, 5.74) is 0.962. The second-order valence-electron chi connectivity index (χ2n) is 6.67. The summed E-state index contributed by atoms with van der Waals surface area (Å²) in [5.74, 6) is -0.282. The van der Waals surface area contributed by atoms with E-state index in [2.05, 4.69) is 15.6 Å². The highest BCUT2D eigenvalue weighted by atomic mass is 32.2. The number of nitrogens with zero attached hydrogens (tertiary/aromatic N) is 3. The van der Waals surface area contributed by atoms with Gasteiger partial charge in [-0.1, -0.05) is 47.7 Å². The molecule has 1 amide bonds. The number of aryl methyl sites for hydroxylation is 1. The van der Waals surface area contributed by atoms with Gasteiger partial charge in [0.05, 0.1) is 23.4 Å². The standard InChI is InChI=1S/C20H22N4O4S/c25-19(11-13-24-20(26)17-9-4-5-10-18(17)22-23-24)21-12-6-14-29(27,28)15-16-7-2-1-3-8-16/h1-5,7-10H,6,11-15H2,(H,21,25). The fourth-order valence-electron chi connectivity index (χ4n) is 2.89. The number of carbonyl (C=O) groups excluding carboxylic acids is 1. The molecule has 2 aromatic carbocycles. The Morgan fingerprint density at radius 3 is 2.55 bits per heavy atom. The van der Waals surface area contributed by atoms with Crippen molar-refractivity contribution >= 4 is 26.6 Å². The van der Waals surface area contributed by atoms with E-state index in [1.165, 1.54) is 0 Å². The lowest BCUT2D eigenvalue weighted by molar-refractivity contribution is -0.121. The quantitative estimate of drug-likeness (QED) is 0.529. The van der Waals surface area contributed by atoms with Crippen molar-refractivity contribution in [3.63, 3.8) is 0 Å². The molecule has 0 saturated carbocycles. The van der Waals surface area contributed by atoms with E-state index in [0.717, 1.165) is 10.2 Å². The molecule has 8 nitrogen and oxygen atoms in total. The molecular formula is C20H22N4O4S. The van der Waals surface area contributed by atoms with Gasteiger partial charge in [0.2, 0.25) is 5.91 Å². The first kappa shape index (κ1) is 20.7. The fourth-order valence-corrected chi connectivity index (χ4v) is 4.31. The van der Waals surface area contributed by atoms with Crippen LogP contribution in [0.25, 0.3) is 10.9 Å². The molecule has 0 aliphatic rings. The van der Waals surface area contributed by atoms with Crippen molar-refractivity contribution in [2.45, 2.75) is 25.1 Å². The SMILES string of the molecule is O=C(CCn1nnc2ccccc2c1=O)NCCCS(=O)(=O)Cc1ccccc1. The van der Waals surface area contributed by atoms with E-state index in [-0.39, 0.29) is 42.5 Å². The van der Waals surface area contributed by atoms with Gasteiger partial charge in [-0.2, -0.15) is 0 Å². The Hall–Kier alpha value is -3.07. The van der Waals surface area contributed by atoms with E-state index >= 15 is 0 Å². The van der Waals surface area contributed by atoms with Crippen LogP contribution in [0.15, 0.2) is 59.4 Å². The maximum Gasteiger partial charge on any atom is 0.277 e. The second kappa shape index (κ2) is 9.42. The average Bonchev–Trinajstić information content (AvgIpc) is 2.71. The Labute approximate surface area is 168 Å². The van der Waals surface area contributed by atoms with Gasteiger partial charge in [-0.25, -0.2) is 13.1 Å². The molecule has 0 saturated heterocycles. The largest absolute Gasteiger partial charge is 0.356 e. The highest BCUT2D eigenvalue weighted by molar-refractivity contribution is 7.90. The van der Waals surface area contributed by atoms with Crippen molar-refractivity contribution in [3.05, 3.63) is 70.5 Å². The van der Waals surface area contributed by atoms with Crippen molar-refractivity contribution < 1.29 is 13.2 Å². The minimum Gasteiger partial charge on any atom is -0.356 e. The van der Waals surface area contributed by atoms with E-state index in [1.807, 2.05) is 6.07 Å². The molecule has 29 heavy (non-hydrogen) atoms. The van der Waals surface area contributed by atoms with Crippen LogP contribution in [0.3, 0.4) is 0 Å². The van der Waals surface area contributed by atoms with Gasteiger partial charge >= 0.3 is 0 Å². The number of sulfone groups is 1.